The van der Waals surface area contributed by atoms with Gasteiger partial charge in [-0.25, -0.2) is 9.97 Å². The van der Waals surface area contributed by atoms with Crippen LogP contribution in [0.3, 0.4) is 0 Å². The highest BCUT2D eigenvalue weighted by Crippen LogP contribution is 2.25. The van der Waals surface area contributed by atoms with Gasteiger partial charge in [0.15, 0.2) is 11.2 Å². The summed E-state index contributed by atoms with van der Waals surface area (Å²) < 4.78 is 10.9. The molecule has 0 unspecified atom stereocenters. The molecule has 0 spiro atoms. The van der Waals surface area contributed by atoms with Crippen LogP contribution in [0.4, 0.5) is 5.95 Å². The number of fused-ring (bicyclic) bond motifs is 1. The molecule has 3 rings (SSSR count). The van der Waals surface area contributed by atoms with E-state index in [4.69, 9.17) is 15.2 Å². The zero-order valence-corrected chi connectivity index (χ0v) is 13.0. The van der Waals surface area contributed by atoms with Gasteiger partial charge < -0.3 is 15.2 Å². The third-order valence-electron chi connectivity index (χ3n) is 3.13. The van der Waals surface area contributed by atoms with Crippen molar-refractivity contribution < 1.29 is 9.47 Å². The van der Waals surface area contributed by atoms with Gasteiger partial charge in [-0.05, 0) is 38.1 Å². The fraction of sp³-hybridized carbons (Fsp3) is 0.250. The van der Waals surface area contributed by atoms with E-state index >= 15 is 0 Å². The molecule has 0 saturated carbocycles. The lowest BCUT2D eigenvalue weighted by Crippen LogP contribution is -2.04. The molecule has 7 heteroatoms. The number of rotatable bonds is 5. The summed E-state index contributed by atoms with van der Waals surface area (Å²) in [5.41, 5.74) is 8.19. The van der Waals surface area contributed by atoms with Crippen LogP contribution in [0.15, 0.2) is 30.5 Å². The molecule has 7 nitrogen and oxygen atoms in total. The fourth-order valence-electron chi connectivity index (χ4n) is 2.16. The SMILES string of the molecule is CCOc1ccc(-c2cnc3nc(N)nc(OCC)c3n2)cc1. The molecule has 0 saturated heterocycles. The molecular formula is C16H17N5O2. The highest BCUT2D eigenvalue weighted by Gasteiger charge is 2.12. The van der Waals surface area contributed by atoms with Crippen molar-refractivity contribution in [3.8, 4) is 22.9 Å². The second kappa shape index (κ2) is 6.43. The van der Waals surface area contributed by atoms with E-state index in [1.165, 1.54) is 0 Å². The number of aromatic nitrogens is 4. The minimum Gasteiger partial charge on any atom is -0.494 e. The van der Waals surface area contributed by atoms with Crippen LogP contribution in [0.5, 0.6) is 11.6 Å². The molecule has 2 aromatic heterocycles. The van der Waals surface area contributed by atoms with Crippen LogP contribution < -0.4 is 15.2 Å². The van der Waals surface area contributed by atoms with Crippen molar-refractivity contribution in [3.05, 3.63) is 30.5 Å². The maximum Gasteiger partial charge on any atom is 0.247 e. The second-order valence-corrected chi connectivity index (χ2v) is 4.70. The molecule has 0 bridgehead atoms. The highest BCUT2D eigenvalue weighted by molar-refractivity contribution is 5.79. The molecule has 0 atom stereocenters. The fourth-order valence-corrected chi connectivity index (χ4v) is 2.16. The van der Waals surface area contributed by atoms with Gasteiger partial charge in [0, 0.05) is 5.56 Å². The summed E-state index contributed by atoms with van der Waals surface area (Å²) in [5, 5.41) is 0. The first kappa shape index (κ1) is 15.0. The number of nitrogens with two attached hydrogens (primary N) is 1. The van der Waals surface area contributed by atoms with Gasteiger partial charge in [-0.15, -0.1) is 0 Å². The molecule has 0 aliphatic carbocycles. The normalized spacial score (nSPS) is 10.7. The van der Waals surface area contributed by atoms with Gasteiger partial charge >= 0.3 is 0 Å². The first-order chi connectivity index (χ1) is 11.2. The standard InChI is InChI=1S/C16H17N5O2/c1-3-22-11-7-5-10(6-8-11)12-9-18-14-13(19-12)15(23-4-2)21-16(17)20-14/h5-9H,3-4H2,1-2H3,(H2,17,18,20,21). The quantitative estimate of drug-likeness (QED) is 0.773. The minimum atomic E-state index is 0.115. The third-order valence-corrected chi connectivity index (χ3v) is 3.13. The topological polar surface area (TPSA) is 96.0 Å². The third kappa shape index (κ3) is 3.13. The predicted octanol–water partition coefficient (Wildman–Crippen LogP) is 2.47. The molecule has 23 heavy (non-hydrogen) atoms. The van der Waals surface area contributed by atoms with Crippen LogP contribution in [-0.2, 0) is 0 Å². The molecule has 0 radical (unpaired) electrons. The average molecular weight is 311 g/mol. The number of nitrogen functional groups attached to an aromatic ring is 1. The number of benzene rings is 1. The Balaban J connectivity index is 2.04. The summed E-state index contributed by atoms with van der Waals surface area (Å²) in [5.74, 6) is 1.27. The van der Waals surface area contributed by atoms with E-state index in [1.807, 2.05) is 38.1 Å². The van der Waals surface area contributed by atoms with Crippen molar-refractivity contribution in [2.45, 2.75) is 13.8 Å². The van der Waals surface area contributed by atoms with E-state index in [9.17, 15) is 0 Å². The molecule has 1 aromatic carbocycles. The van der Waals surface area contributed by atoms with E-state index in [2.05, 4.69) is 19.9 Å². The zero-order chi connectivity index (χ0) is 16.2. The van der Waals surface area contributed by atoms with Crippen molar-refractivity contribution in [1.82, 2.24) is 19.9 Å². The summed E-state index contributed by atoms with van der Waals surface area (Å²) in [6.07, 6.45) is 1.65. The molecule has 118 valence electrons. The Morgan fingerprint density at radius 1 is 0.957 bits per heavy atom. The summed E-state index contributed by atoms with van der Waals surface area (Å²) in [6.45, 7) is 4.91. The lowest BCUT2D eigenvalue weighted by atomic mass is 10.1. The first-order valence-electron chi connectivity index (χ1n) is 7.37. The van der Waals surface area contributed by atoms with E-state index < -0.39 is 0 Å². The van der Waals surface area contributed by atoms with Crippen LogP contribution in [-0.4, -0.2) is 33.1 Å². The number of anilines is 1. The van der Waals surface area contributed by atoms with Gasteiger partial charge in [-0.3, -0.25) is 0 Å². The molecular weight excluding hydrogens is 294 g/mol. The van der Waals surface area contributed by atoms with Crippen molar-refractivity contribution in [1.29, 1.82) is 0 Å². The number of hydrogen-bond acceptors (Lipinski definition) is 7. The van der Waals surface area contributed by atoms with Gasteiger partial charge in [0.2, 0.25) is 11.8 Å². The lowest BCUT2D eigenvalue weighted by molar-refractivity contribution is 0.330. The molecule has 0 aliphatic heterocycles. The van der Waals surface area contributed by atoms with Crippen molar-refractivity contribution in [2.75, 3.05) is 18.9 Å². The van der Waals surface area contributed by atoms with Crippen molar-refractivity contribution >= 4 is 17.1 Å². The molecule has 0 fully saturated rings. The van der Waals surface area contributed by atoms with Gasteiger partial charge in [0.05, 0.1) is 25.1 Å². The van der Waals surface area contributed by atoms with E-state index in [0.29, 0.717) is 36.0 Å². The summed E-state index contributed by atoms with van der Waals surface area (Å²) in [7, 11) is 0. The van der Waals surface area contributed by atoms with Gasteiger partial charge in [0.1, 0.15) is 5.75 Å². The number of nitrogens with zero attached hydrogens (tertiary/aromatic N) is 4. The molecule has 2 N–H and O–H groups in total. The Hall–Kier alpha value is -2.96. The largest absolute Gasteiger partial charge is 0.494 e. The molecule has 0 amide bonds. The van der Waals surface area contributed by atoms with E-state index in [-0.39, 0.29) is 5.95 Å². The molecule has 0 aliphatic rings. The number of hydrogen-bond donors (Lipinski definition) is 1. The Labute approximate surface area is 133 Å². The summed E-state index contributed by atoms with van der Waals surface area (Å²) in [4.78, 5) is 17.1. The van der Waals surface area contributed by atoms with Gasteiger partial charge in [-0.2, -0.15) is 9.97 Å². The Morgan fingerprint density at radius 3 is 2.39 bits per heavy atom. The van der Waals surface area contributed by atoms with Crippen molar-refractivity contribution in [2.24, 2.45) is 0 Å². The molecule has 2 heterocycles. The van der Waals surface area contributed by atoms with Crippen LogP contribution >= 0.6 is 0 Å². The van der Waals surface area contributed by atoms with E-state index in [0.717, 1.165) is 11.3 Å². The maximum atomic E-state index is 5.67. The van der Waals surface area contributed by atoms with Crippen LogP contribution in [0.25, 0.3) is 22.4 Å². The molecule has 3 aromatic rings. The smallest absolute Gasteiger partial charge is 0.247 e. The van der Waals surface area contributed by atoms with Crippen LogP contribution in [0.2, 0.25) is 0 Å². The Kier molecular flexibility index (Phi) is 4.18. The Bertz CT molecular complexity index is 821. The summed E-state index contributed by atoms with van der Waals surface area (Å²) in [6, 6.07) is 7.65. The monoisotopic (exact) mass is 311 g/mol. The zero-order valence-electron chi connectivity index (χ0n) is 13.0. The minimum absolute atomic E-state index is 0.115. The second-order valence-electron chi connectivity index (χ2n) is 4.70. The summed E-state index contributed by atoms with van der Waals surface area (Å²) >= 11 is 0. The number of ether oxygens (including phenoxy) is 2. The van der Waals surface area contributed by atoms with Crippen LogP contribution in [0.1, 0.15) is 13.8 Å². The Morgan fingerprint density at radius 2 is 1.70 bits per heavy atom. The van der Waals surface area contributed by atoms with Gasteiger partial charge in [-0.1, -0.05) is 0 Å². The average Bonchev–Trinajstić information content (AvgIpc) is 2.56. The first-order valence-corrected chi connectivity index (χ1v) is 7.37. The van der Waals surface area contributed by atoms with Crippen LogP contribution in [0, 0.1) is 0 Å². The maximum absolute atomic E-state index is 5.67. The predicted molar refractivity (Wildman–Crippen MR) is 87.3 cm³/mol. The lowest BCUT2D eigenvalue weighted by Gasteiger charge is -2.08. The van der Waals surface area contributed by atoms with Crippen molar-refractivity contribution in [3.63, 3.8) is 0 Å². The van der Waals surface area contributed by atoms with E-state index in [1.54, 1.807) is 6.20 Å². The highest BCUT2D eigenvalue weighted by atomic mass is 16.5. The van der Waals surface area contributed by atoms with Gasteiger partial charge in [0.25, 0.3) is 0 Å².